The van der Waals surface area contributed by atoms with Crippen LogP contribution >= 0.6 is 22.6 Å². The zero-order chi connectivity index (χ0) is 18.7. The Balaban J connectivity index is 1.71. The number of halogens is 1. The van der Waals surface area contributed by atoms with Crippen molar-refractivity contribution in [2.75, 3.05) is 0 Å². The van der Waals surface area contributed by atoms with Crippen molar-refractivity contribution in [1.29, 1.82) is 0 Å². The summed E-state index contributed by atoms with van der Waals surface area (Å²) in [5, 5.41) is 0. The molecule has 3 saturated carbocycles. The van der Waals surface area contributed by atoms with Crippen molar-refractivity contribution in [1.82, 2.24) is 0 Å². The molecule has 0 aromatic heterocycles. The third-order valence-electron chi connectivity index (χ3n) is 8.27. The minimum Gasteiger partial charge on any atom is -0.0820 e. The van der Waals surface area contributed by atoms with Gasteiger partial charge in [0.1, 0.15) is 0 Å². The SMILES string of the molecule is CCCC[C@H](C)C1CCC2/C(=C/C=C3\CC[C@H](C)[C@H](I)C3)CCC[C@@]21C. The van der Waals surface area contributed by atoms with Gasteiger partial charge in [0.25, 0.3) is 0 Å². The number of alkyl halides is 1. The smallest absolute Gasteiger partial charge is 0.0173 e. The highest BCUT2D eigenvalue weighted by Gasteiger charge is 2.50. The van der Waals surface area contributed by atoms with Gasteiger partial charge in [0, 0.05) is 3.92 Å². The lowest BCUT2D eigenvalue weighted by Crippen LogP contribution is -2.36. The van der Waals surface area contributed by atoms with Gasteiger partial charge in [-0.25, -0.2) is 0 Å². The van der Waals surface area contributed by atoms with Gasteiger partial charge in [-0.2, -0.15) is 0 Å². The first kappa shape index (κ1) is 20.9. The molecule has 2 unspecified atom stereocenters. The van der Waals surface area contributed by atoms with Crippen LogP contribution in [-0.4, -0.2) is 3.92 Å². The van der Waals surface area contributed by atoms with Crippen LogP contribution in [0.5, 0.6) is 0 Å². The topological polar surface area (TPSA) is 0 Å². The second-order valence-electron chi connectivity index (χ2n) is 10.0. The van der Waals surface area contributed by atoms with Crippen molar-refractivity contribution in [2.45, 2.75) is 102 Å². The predicted octanol–water partition coefficient (Wildman–Crippen LogP) is 8.51. The highest BCUT2D eigenvalue weighted by molar-refractivity contribution is 14.1. The summed E-state index contributed by atoms with van der Waals surface area (Å²) in [5.74, 6) is 3.66. The van der Waals surface area contributed by atoms with Crippen LogP contribution in [0.25, 0.3) is 0 Å². The Hall–Kier alpha value is 0.210. The largest absolute Gasteiger partial charge is 0.0820 e. The third-order valence-corrected chi connectivity index (χ3v) is 9.93. The molecule has 1 heteroatoms. The maximum atomic E-state index is 2.68. The standard InChI is InChI=1S/C25H41I/c1-5-6-8-18(2)22-14-15-23-21(9-7-16-25(22,23)4)13-12-20-11-10-19(3)24(26)17-20/h12-13,18-19,22-24H,5-11,14-17H2,1-4H3/b20-12+,21-13+/t18-,19-,22?,23?,24+,25+/m0/s1. The van der Waals surface area contributed by atoms with E-state index in [1.807, 2.05) is 0 Å². The van der Waals surface area contributed by atoms with E-state index in [2.05, 4.69) is 62.4 Å². The van der Waals surface area contributed by atoms with Crippen LogP contribution in [0.3, 0.4) is 0 Å². The molecule has 0 aromatic rings. The lowest BCUT2D eigenvalue weighted by molar-refractivity contribution is 0.0934. The predicted molar refractivity (Wildman–Crippen MR) is 124 cm³/mol. The molecular weight excluding hydrogens is 427 g/mol. The van der Waals surface area contributed by atoms with Gasteiger partial charge >= 0.3 is 0 Å². The summed E-state index contributed by atoms with van der Waals surface area (Å²) in [7, 11) is 0. The van der Waals surface area contributed by atoms with Gasteiger partial charge in [0.15, 0.2) is 0 Å². The molecule has 26 heavy (non-hydrogen) atoms. The van der Waals surface area contributed by atoms with Gasteiger partial charge in [-0.1, -0.05) is 92.8 Å². The van der Waals surface area contributed by atoms with Crippen molar-refractivity contribution in [3.63, 3.8) is 0 Å². The summed E-state index contributed by atoms with van der Waals surface area (Å²) in [6, 6.07) is 0. The molecule has 3 rings (SSSR count). The normalized spacial score (nSPS) is 42.2. The summed E-state index contributed by atoms with van der Waals surface area (Å²) in [5.41, 5.74) is 4.11. The zero-order valence-electron chi connectivity index (χ0n) is 17.7. The lowest BCUT2D eigenvalue weighted by atomic mass is 9.60. The first-order valence-electron chi connectivity index (χ1n) is 11.5. The van der Waals surface area contributed by atoms with E-state index in [0.717, 1.165) is 27.6 Å². The average molecular weight is 469 g/mol. The second kappa shape index (κ2) is 9.14. The molecule has 0 nitrogen and oxygen atoms in total. The van der Waals surface area contributed by atoms with Gasteiger partial charge in [0.2, 0.25) is 0 Å². The van der Waals surface area contributed by atoms with Crippen LogP contribution in [0.4, 0.5) is 0 Å². The molecule has 6 atom stereocenters. The van der Waals surface area contributed by atoms with Crippen molar-refractivity contribution in [3.8, 4) is 0 Å². The highest BCUT2D eigenvalue weighted by Crippen LogP contribution is 2.59. The number of allylic oxidation sites excluding steroid dienone is 4. The summed E-state index contributed by atoms with van der Waals surface area (Å²) in [6.45, 7) is 9.98. The first-order chi connectivity index (χ1) is 12.5. The van der Waals surface area contributed by atoms with Gasteiger partial charge < -0.3 is 0 Å². The van der Waals surface area contributed by atoms with Gasteiger partial charge in [0.05, 0.1) is 0 Å². The number of fused-ring (bicyclic) bond motifs is 1. The molecule has 3 aliphatic rings. The fourth-order valence-corrected chi connectivity index (χ4v) is 7.39. The van der Waals surface area contributed by atoms with E-state index < -0.39 is 0 Å². The summed E-state index contributed by atoms with van der Waals surface area (Å²) in [6.07, 6.45) is 20.6. The van der Waals surface area contributed by atoms with Gasteiger partial charge in [-0.05, 0) is 80.5 Å². The Morgan fingerprint density at radius 1 is 1.19 bits per heavy atom. The molecule has 0 bridgehead atoms. The van der Waals surface area contributed by atoms with Crippen molar-refractivity contribution in [3.05, 3.63) is 23.3 Å². The summed E-state index contributed by atoms with van der Waals surface area (Å²) in [4.78, 5) is 0. The van der Waals surface area contributed by atoms with E-state index in [-0.39, 0.29) is 0 Å². The molecule has 0 aromatic carbocycles. The second-order valence-corrected chi connectivity index (χ2v) is 11.6. The van der Waals surface area contributed by atoms with Crippen molar-refractivity contribution in [2.24, 2.45) is 29.1 Å². The molecule has 3 fully saturated rings. The van der Waals surface area contributed by atoms with Crippen molar-refractivity contribution < 1.29 is 0 Å². The summed E-state index contributed by atoms with van der Waals surface area (Å²) < 4.78 is 0.845. The van der Waals surface area contributed by atoms with E-state index in [4.69, 9.17) is 0 Å². The Labute approximate surface area is 176 Å². The minimum absolute atomic E-state index is 0.586. The maximum Gasteiger partial charge on any atom is 0.0173 e. The van der Waals surface area contributed by atoms with Crippen LogP contribution in [-0.2, 0) is 0 Å². The number of rotatable bonds is 5. The van der Waals surface area contributed by atoms with Gasteiger partial charge in [-0.15, -0.1) is 0 Å². The first-order valence-corrected chi connectivity index (χ1v) is 12.7. The lowest BCUT2D eigenvalue weighted by Gasteiger charge is -2.44. The van der Waals surface area contributed by atoms with E-state index >= 15 is 0 Å². The molecule has 0 amide bonds. The van der Waals surface area contributed by atoms with Crippen molar-refractivity contribution >= 4 is 22.6 Å². The number of unbranched alkanes of at least 4 members (excludes halogenated alkanes) is 1. The summed E-state index contributed by atoms with van der Waals surface area (Å²) >= 11 is 2.68. The molecule has 0 spiro atoms. The van der Waals surface area contributed by atoms with Gasteiger partial charge in [-0.3, -0.25) is 0 Å². The molecule has 3 aliphatic carbocycles. The Morgan fingerprint density at radius 2 is 2.00 bits per heavy atom. The van der Waals surface area contributed by atoms with E-state index in [1.165, 1.54) is 70.6 Å². The maximum absolute atomic E-state index is 2.68. The van der Waals surface area contributed by atoms with Crippen LogP contribution in [0.2, 0.25) is 0 Å². The molecule has 0 radical (unpaired) electrons. The van der Waals surface area contributed by atoms with E-state index in [9.17, 15) is 0 Å². The Kier molecular flexibility index (Phi) is 7.36. The zero-order valence-corrected chi connectivity index (χ0v) is 19.9. The molecular formula is C25H41I. The molecule has 0 aliphatic heterocycles. The van der Waals surface area contributed by atoms with E-state index in [0.29, 0.717) is 5.41 Å². The number of hydrogen-bond acceptors (Lipinski definition) is 0. The molecule has 0 saturated heterocycles. The average Bonchev–Trinajstić information content (AvgIpc) is 2.98. The quantitative estimate of drug-likeness (QED) is 0.280. The fourth-order valence-electron chi connectivity index (χ4n) is 6.47. The van der Waals surface area contributed by atoms with Crippen LogP contribution in [0.15, 0.2) is 23.3 Å². The fraction of sp³-hybridized carbons (Fsp3) is 0.840. The van der Waals surface area contributed by atoms with Crippen LogP contribution in [0, 0.1) is 29.1 Å². The monoisotopic (exact) mass is 468 g/mol. The van der Waals surface area contributed by atoms with Crippen LogP contribution in [0.1, 0.15) is 98.3 Å². The van der Waals surface area contributed by atoms with Crippen LogP contribution < -0.4 is 0 Å². The van der Waals surface area contributed by atoms with E-state index in [1.54, 1.807) is 11.1 Å². The molecule has 0 N–H and O–H groups in total. The number of hydrogen-bond donors (Lipinski definition) is 0. The molecule has 148 valence electrons. The Bertz CT molecular complexity index is 530. The molecule has 0 heterocycles. The Morgan fingerprint density at radius 3 is 2.73 bits per heavy atom. The third kappa shape index (κ3) is 4.44. The highest BCUT2D eigenvalue weighted by atomic mass is 127. The minimum atomic E-state index is 0.586.